The van der Waals surface area contributed by atoms with Crippen LogP contribution >= 0.6 is 23.5 Å². The average molecular weight is 724 g/mol. The summed E-state index contributed by atoms with van der Waals surface area (Å²) in [7, 11) is 0. The van der Waals surface area contributed by atoms with Crippen LogP contribution in [0.4, 0.5) is 0 Å². The molecule has 0 saturated heterocycles. The second-order valence-corrected chi connectivity index (χ2v) is 17.4. The minimum atomic E-state index is -0.0930. The van der Waals surface area contributed by atoms with Crippen LogP contribution in [0.25, 0.3) is 82.1 Å². The highest BCUT2D eigenvalue weighted by molar-refractivity contribution is 8.05. The summed E-state index contributed by atoms with van der Waals surface area (Å²) in [4.78, 5) is 5.30. The van der Waals surface area contributed by atoms with Gasteiger partial charge in [0.25, 0.3) is 0 Å². The Morgan fingerprint density at radius 1 is 0.407 bits per heavy atom. The molecule has 1 nitrogen and oxygen atoms in total. The van der Waals surface area contributed by atoms with Crippen LogP contribution in [0.2, 0.25) is 0 Å². The maximum absolute atomic E-state index is 2.57. The molecular formula is C51H33NS2. The lowest BCUT2D eigenvalue weighted by molar-refractivity contribution is 0.661. The second-order valence-electron chi connectivity index (χ2n) is 15.3. The molecule has 0 unspecified atom stereocenters. The Bertz CT molecular complexity index is 3220. The van der Waals surface area contributed by atoms with E-state index >= 15 is 0 Å². The van der Waals surface area contributed by atoms with Crippen LogP contribution in [0.5, 0.6) is 0 Å². The van der Waals surface area contributed by atoms with Gasteiger partial charge in [0.05, 0.1) is 15.9 Å². The van der Waals surface area contributed by atoms with Crippen LogP contribution in [0.1, 0.15) is 25.0 Å². The van der Waals surface area contributed by atoms with E-state index in [1.165, 1.54) is 113 Å². The van der Waals surface area contributed by atoms with Gasteiger partial charge < -0.3 is 4.57 Å². The van der Waals surface area contributed by atoms with E-state index in [-0.39, 0.29) is 5.41 Å². The van der Waals surface area contributed by atoms with Gasteiger partial charge in [-0.15, -0.1) is 0 Å². The van der Waals surface area contributed by atoms with Crippen molar-refractivity contribution in [3.63, 3.8) is 0 Å². The molecule has 12 rings (SSSR count). The molecule has 1 aliphatic heterocycles. The van der Waals surface area contributed by atoms with Gasteiger partial charge in [0.2, 0.25) is 0 Å². The first kappa shape index (κ1) is 30.7. The van der Waals surface area contributed by atoms with E-state index in [4.69, 9.17) is 0 Å². The van der Waals surface area contributed by atoms with Gasteiger partial charge in [-0.2, -0.15) is 0 Å². The lowest BCUT2D eigenvalue weighted by Gasteiger charge is -2.22. The van der Waals surface area contributed by atoms with Crippen molar-refractivity contribution in [1.29, 1.82) is 0 Å². The third kappa shape index (κ3) is 4.20. The summed E-state index contributed by atoms with van der Waals surface area (Å²) < 4.78 is 2.57. The van der Waals surface area contributed by atoms with Gasteiger partial charge in [-0.1, -0.05) is 153 Å². The molecule has 0 bridgehead atoms. The molecule has 2 heterocycles. The van der Waals surface area contributed by atoms with Crippen LogP contribution in [-0.4, -0.2) is 4.57 Å². The van der Waals surface area contributed by atoms with Crippen molar-refractivity contribution in [2.45, 2.75) is 38.8 Å². The van der Waals surface area contributed by atoms with Crippen molar-refractivity contribution in [3.8, 4) is 27.9 Å². The molecule has 0 fully saturated rings. The zero-order valence-electron chi connectivity index (χ0n) is 29.9. The van der Waals surface area contributed by atoms with E-state index in [1.807, 2.05) is 23.5 Å². The number of fused-ring (bicyclic) bond motifs is 15. The fourth-order valence-electron chi connectivity index (χ4n) is 9.46. The fraction of sp³-hybridized carbons (Fsp3) is 0.0588. The molecule has 254 valence electrons. The predicted octanol–water partition coefficient (Wildman–Crippen LogP) is 14.8. The summed E-state index contributed by atoms with van der Waals surface area (Å²) in [6.45, 7) is 4.77. The minimum Gasteiger partial charge on any atom is -0.308 e. The monoisotopic (exact) mass is 723 g/mol. The van der Waals surface area contributed by atoms with E-state index in [1.54, 1.807) is 0 Å². The number of benzene rings is 9. The standard InChI is InChI=1S/C51H33NS2/c1-51(2)43-19-8-7-18-38(43)41-28-42-39-24-25-48-50(54-47-21-10-9-20-46(47)53-48)49(39)52(45(42)29-44(41)51)32-13-11-12-30(26-32)31-22-23-37-35-16-4-3-14-33(35)34-15-5-6-17-36(34)40(37)27-31/h3-29H,1-2H3. The molecule has 0 amide bonds. The van der Waals surface area contributed by atoms with E-state index < -0.39 is 0 Å². The SMILES string of the molecule is CC1(C)c2ccccc2-c2cc3c4ccc5c(c4n(-c4cccc(-c6ccc7c8ccccc8c8ccccc8c7c6)c4)c3cc21)Sc1ccccc1S5. The molecule has 10 aromatic rings. The molecule has 1 aliphatic carbocycles. The lowest BCUT2D eigenvalue weighted by atomic mass is 9.82. The number of nitrogens with zero attached hydrogens (tertiary/aromatic N) is 1. The van der Waals surface area contributed by atoms with Crippen molar-refractivity contribution in [2.75, 3.05) is 0 Å². The third-order valence-corrected chi connectivity index (χ3v) is 14.6. The number of rotatable bonds is 2. The molecule has 2 aliphatic rings. The van der Waals surface area contributed by atoms with E-state index in [9.17, 15) is 0 Å². The highest BCUT2D eigenvalue weighted by Gasteiger charge is 2.36. The number of aromatic nitrogens is 1. The van der Waals surface area contributed by atoms with Crippen molar-refractivity contribution in [2.24, 2.45) is 0 Å². The molecule has 0 atom stereocenters. The zero-order chi connectivity index (χ0) is 35.7. The summed E-state index contributed by atoms with van der Waals surface area (Å²) in [6.07, 6.45) is 0. The Morgan fingerprint density at radius 3 is 1.81 bits per heavy atom. The lowest BCUT2D eigenvalue weighted by Crippen LogP contribution is -2.15. The van der Waals surface area contributed by atoms with Gasteiger partial charge in [-0.05, 0) is 114 Å². The maximum Gasteiger partial charge on any atom is 0.0692 e. The van der Waals surface area contributed by atoms with Crippen LogP contribution in [0.3, 0.4) is 0 Å². The van der Waals surface area contributed by atoms with Crippen LogP contribution in [0, 0.1) is 0 Å². The van der Waals surface area contributed by atoms with Crippen molar-refractivity contribution < 1.29 is 0 Å². The normalized spacial score (nSPS) is 14.1. The van der Waals surface area contributed by atoms with Crippen LogP contribution < -0.4 is 0 Å². The summed E-state index contributed by atoms with van der Waals surface area (Å²) in [5.41, 5.74) is 11.6. The van der Waals surface area contributed by atoms with Gasteiger partial charge in [0.15, 0.2) is 0 Å². The average Bonchev–Trinajstić information content (AvgIpc) is 3.67. The Labute approximate surface area is 322 Å². The van der Waals surface area contributed by atoms with Gasteiger partial charge in [0.1, 0.15) is 0 Å². The van der Waals surface area contributed by atoms with Gasteiger partial charge in [-0.3, -0.25) is 0 Å². The van der Waals surface area contributed by atoms with E-state index in [0.717, 1.165) is 0 Å². The first-order chi connectivity index (χ1) is 26.5. The number of hydrogen-bond donors (Lipinski definition) is 0. The Morgan fingerprint density at radius 2 is 1.04 bits per heavy atom. The molecular weight excluding hydrogens is 691 g/mol. The van der Waals surface area contributed by atoms with Crippen LogP contribution in [-0.2, 0) is 5.41 Å². The first-order valence-corrected chi connectivity index (χ1v) is 20.3. The van der Waals surface area contributed by atoms with Crippen LogP contribution in [0.15, 0.2) is 183 Å². The van der Waals surface area contributed by atoms with Gasteiger partial charge in [0, 0.05) is 36.6 Å². The highest BCUT2D eigenvalue weighted by Crippen LogP contribution is 2.55. The smallest absolute Gasteiger partial charge is 0.0692 e. The highest BCUT2D eigenvalue weighted by atomic mass is 32.2. The molecule has 3 heteroatoms. The first-order valence-electron chi connectivity index (χ1n) is 18.7. The molecule has 0 radical (unpaired) electrons. The van der Waals surface area contributed by atoms with Gasteiger partial charge in [-0.25, -0.2) is 0 Å². The van der Waals surface area contributed by atoms with E-state index in [0.29, 0.717) is 0 Å². The Hall–Kier alpha value is -5.74. The zero-order valence-corrected chi connectivity index (χ0v) is 31.5. The van der Waals surface area contributed by atoms with E-state index in [2.05, 4.69) is 182 Å². The molecule has 0 N–H and O–H groups in total. The Kier molecular flexibility index (Phi) is 6.33. The molecule has 0 spiro atoms. The third-order valence-electron chi connectivity index (χ3n) is 12.0. The van der Waals surface area contributed by atoms with Crippen molar-refractivity contribution in [3.05, 3.63) is 175 Å². The summed E-state index contributed by atoms with van der Waals surface area (Å²) in [5.74, 6) is 0. The van der Waals surface area contributed by atoms with Gasteiger partial charge >= 0.3 is 0 Å². The fourth-order valence-corrected chi connectivity index (χ4v) is 11.8. The summed E-state index contributed by atoms with van der Waals surface area (Å²) >= 11 is 3.81. The quantitative estimate of drug-likeness (QED) is 0.164. The maximum atomic E-state index is 2.57. The van der Waals surface area contributed by atoms with Crippen molar-refractivity contribution >= 4 is 77.6 Å². The summed E-state index contributed by atoms with van der Waals surface area (Å²) in [5, 5.41) is 10.4. The van der Waals surface area contributed by atoms with Crippen molar-refractivity contribution in [1.82, 2.24) is 4.57 Å². The second kappa shape index (κ2) is 11.1. The molecule has 1 aromatic heterocycles. The minimum absolute atomic E-state index is 0.0930. The molecule has 9 aromatic carbocycles. The molecule has 0 saturated carbocycles. The molecule has 54 heavy (non-hydrogen) atoms. The Balaban J connectivity index is 1.12. The summed E-state index contributed by atoms with van der Waals surface area (Å²) in [6, 6.07) is 61.5. The predicted molar refractivity (Wildman–Crippen MR) is 231 cm³/mol. The topological polar surface area (TPSA) is 4.93 Å². The largest absolute Gasteiger partial charge is 0.308 e. The number of hydrogen-bond acceptors (Lipinski definition) is 2.